The van der Waals surface area contributed by atoms with Gasteiger partial charge in [-0.2, -0.15) is 0 Å². The number of hydrogen-bond acceptors (Lipinski definition) is 4. The van der Waals surface area contributed by atoms with Crippen LogP contribution in [0.5, 0.6) is 11.5 Å². The molecule has 2 N–H and O–H groups in total. The molecule has 0 aromatic heterocycles. The van der Waals surface area contributed by atoms with Crippen molar-refractivity contribution in [1.29, 1.82) is 0 Å². The van der Waals surface area contributed by atoms with E-state index < -0.39 is 0 Å². The molecule has 3 rings (SSSR count). The van der Waals surface area contributed by atoms with E-state index >= 15 is 0 Å². The minimum atomic E-state index is 0.155. The molecule has 0 spiro atoms. The van der Waals surface area contributed by atoms with Gasteiger partial charge in [0.1, 0.15) is 11.5 Å². The molecule has 0 unspecified atom stereocenters. The van der Waals surface area contributed by atoms with E-state index in [1.54, 1.807) is 24.6 Å². The minimum Gasteiger partial charge on any atom is -0.507 e. The molecule has 0 fully saturated rings. The molecule has 0 radical (unpaired) electrons. The van der Waals surface area contributed by atoms with Crippen molar-refractivity contribution in [2.24, 2.45) is 20.8 Å². The second-order valence-corrected chi connectivity index (χ2v) is 11.3. The third-order valence-electron chi connectivity index (χ3n) is 5.22. The second kappa shape index (κ2) is 10.3. The molecule has 3 aromatic rings. The van der Waals surface area contributed by atoms with Gasteiger partial charge < -0.3 is 10.2 Å². The fourth-order valence-corrected chi connectivity index (χ4v) is 3.82. The van der Waals surface area contributed by atoms with Gasteiger partial charge in [-0.1, -0.05) is 65.8 Å². The van der Waals surface area contributed by atoms with Crippen molar-refractivity contribution in [3.8, 4) is 11.5 Å². The first-order valence-electron chi connectivity index (χ1n) is 11.7. The Morgan fingerprint density at radius 3 is 1.35 bits per heavy atom. The fourth-order valence-electron chi connectivity index (χ4n) is 3.82. The van der Waals surface area contributed by atoms with Crippen molar-refractivity contribution in [3.63, 3.8) is 0 Å². The number of benzene rings is 3. The van der Waals surface area contributed by atoms with E-state index in [2.05, 4.69) is 51.5 Å². The lowest BCUT2D eigenvalue weighted by atomic mass is 9.87. The maximum Gasteiger partial charge on any atom is 0.124 e. The summed E-state index contributed by atoms with van der Waals surface area (Å²) in [7, 11) is 0. The molecule has 0 bridgehead atoms. The van der Waals surface area contributed by atoms with Crippen LogP contribution in [0.25, 0.3) is 0 Å². The quantitative estimate of drug-likeness (QED) is 0.372. The SMILES string of the molecule is CC(C)(C)Cc1ccc(O)c(C=Nc2ccccc2N=Cc2cc(CC(C)(C)C)ccc2O)c1. The van der Waals surface area contributed by atoms with E-state index in [-0.39, 0.29) is 22.3 Å². The molecule has 4 nitrogen and oxygen atoms in total. The van der Waals surface area contributed by atoms with E-state index in [0.29, 0.717) is 22.5 Å². The summed E-state index contributed by atoms with van der Waals surface area (Å²) in [5.74, 6) is 0.394. The Morgan fingerprint density at radius 2 is 1.00 bits per heavy atom. The maximum absolute atomic E-state index is 10.3. The van der Waals surface area contributed by atoms with Crippen molar-refractivity contribution in [3.05, 3.63) is 82.9 Å². The Bertz CT molecular complexity index is 1100. The summed E-state index contributed by atoms with van der Waals surface area (Å²) in [5.41, 5.74) is 5.34. The summed E-state index contributed by atoms with van der Waals surface area (Å²) in [6.45, 7) is 13.2. The highest BCUT2D eigenvalue weighted by molar-refractivity contribution is 5.89. The number of aliphatic imine (C=N–C) groups is 2. The molecule has 178 valence electrons. The van der Waals surface area contributed by atoms with E-state index in [1.807, 2.05) is 48.5 Å². The summed E-state index contributed by atoms with van der Waals surface area (Å²) in [6, 6.07) is 18.9. The van der Waals surface area contributed by atoms with Crippen LogP contribution >= 0.6 is 0 Å². The summed E-state index contributed by atoms with van der Waals surface area (Å²) < 4.78 is 0. The van der Waals surface area contributed by atoms with E-state index in [4.69, 9.17) is 0 Å². The third-order valence-corrected chi connectivity index (χ3v) is 5.22. The van der Waals surface area contributed by atoms with Crippen LogP contribution in [0.4, 0.5) is 11.4 Å². The third kappa shape index (κ3) is 7.58. The van der Waals surface area contributed by atoms with Crippen LogP contribution in [-0.4, -0.2) is 22.6 Å². The van der Waals surface area contributed by atoms with Gasteiger partial charge in [-0.3, -0.25) is 9.98 Å². The van der Waals surface area contributed by atoms with E-state index in [1.165, 1.54) is 0 Å². The van der Waals surface area contributed by atoms with Crippen molar-refractivity contribution in [2.45, 2.75) is 54.4 Å². The number of para-hydroxylation sites is 2. The molecular weight excluding hydrogens is 420 g/mol. The zero-order chi connectivity index (χ0) is 24.9. The summed E-state index contributed by atoms with van der Waals surface area (Å²) >= 11 is 0. The largest absolute Gasteiger partial charge is 0.507 e. The first-order chi connectivity index (χ1) is 15.9. The molecule has 0 saturated heterocycles. The topological polar surface area (TPSA) is 65.2 Å². The molecule has 0 heterocycles. The van der Waals surface area contributed by atoms with E-state index in [9.17, 15) is 10.2 Å². The normalized spacial score (nSPS) is 12.6. The molecule has 4 heteroatoms. The lowest BCUT2D eigenvalue weighted by Crippen LogP contribution is -2.09. The average Bonchev–Trinajstić information content (AvgIpc) is 2.73. The van der Waals surface area contributed by atoms with Crippen LogP contribution in [0.3, 0.4) is 0 Å². The Hall–Kier alpha value is -3.40. The fraction of sp³-hybridized carbons (Fsp3) is 0.333. The summed E-state index contributed by atoms with van der Waals surface area (Å²) in [4.78, 5) is 9.23. The maximum atomic E-state index is 10.3. The second-order valence-electron chi connectivity index (χ2n) is 11.3. The van der Waals surface area contributed by atoms with Crippen LogP contribution in [0.1, 0.15) is 63.8 Å². The molecule has 0 amide bonds. The predicted octanol–water partition coefficient (Wildman–Crippen LogP) is 7.78. The van der Waals surface area contributed by atoms with Crippen molar-refractivity contribution in [1.82, 2.24) is 0 Å². The summed E-state index contributed by atoms with van der Waals surface area (Å²) in [6.07, 6.45) is 5.17. The standard InChI is InChI=1S/C30H36N2O2/c1-29(2,3)17-21-11-13-27(33)23(15-21)19-31-25-9-7-8-10-26(25)32-20-24-16-22(12-14-28(24)34)18-30(4,5)6/h7-16,19-20,33-34H,17-18H2,1-6H3. The smallest absolute Gasteiger partial charge is 0.124 e. The van der Waals surface area contributed by atoms with Gasteiger partial charge in [0.2, 0.25) is 0 Å². The highest BCUT2D eigenvalue weighted by Gasteiger charge is 2.13. The highest BCUT2D eigenvalue weighted by Crippen LogP contribution is 2.30. The number of hydrogen-bond donors (Lipinski definition) is 2. The Kier molecular flexibility index (Phi) is 7.61. The molecule has 0 aliphatic carbocycles. The van der Waals surface area contributed by atoms with Gasteiger partial charge in [0.25, 0.3) is 0 Å². The monoisotopic (exact) mass is 456 g/mol. The number of phenolic OH excluding ortho intramolecular Hbond substituents is 2. The first-order valence-corrected chi connectivity index (χ1v) is 11.7. The van der Waals surface area contributed by atoms with Gasteiger partial charge in [-0.05, 0) is 71.2 Å². The van der Waals surface area contributed by atoms with Gasteiger partial charge in [0.15, 0.2) is 0 Å². The number of phenols is 2. The lowest BCUT2D eigenvalue weighted by molar-refractivity contribution is 0.410. The van der Waals surface area contributed by atoms with Gasteiger partial charge in [-0.15, -0.1) is 0 Å². The van der Waals surface area contributed by atoms with Gasteiger partial charge >= 0.3 is 0 Å². The zero-order valence-corrected chi connectivity index (χ0v) is 21.1. The van der Waals surface area contributed by atoms with Crippen LogP contribution in [0.2, 0.25) is 0 Å². The lowest BCUT2D eigenvalue weighted by Gasteiger charge is -2.18. The molecule has 3 aromatic carbocycles. The molecule has 0 atom stereocenters. The van der Waals surface area contributed by atoms with Gasteiger partial charge in [-0.25, -0.2) is 0 Å². The molecule has 34 heavy (non-hydrogen) atoms. The molecule has 0 aliphatic rings. The highest BCUT2D eigenvalue weighted by atomic mass is 16.3. The summed E-state index contributed by atoms with van der Waals surface area (Å²) in [5, 5.41) is 20.6. The van der Waals surface area contributed by atoms with Crippen LogP contribution in [0.15, 0.2) is 70.6 Å². The first kappa shape index (κ1) is 25.2. The van der Waals surface area contributed by atoms with Crippen LogP contribution in [-0.2, 0) is 12.8 Å². The van der Waals surface area contributed by atoms with Crippen molar-refractivity contribution in [2.75, 3.05) is 0 Å². The Labute approximate surface area is 203 Å². The van der Waals surface area contributed by atoms with Gasteiger partial charge in [0, 0.05) is 23.6 Å². The molecular formula is C30H36N2O2. The number of rotatable bonds is 6. The van der Waals surface area contributed by atoms with Gasteiger partial charge in [0.05, 0.1) is 11.4 Å². The molecule has 0 saturated carbocycles. The minimum absolute atomic E-state index is 0.155. The van der Waals surface area contributed by atoms with Crippen molar-refractivity contribution < 1.29 is 10.2 Å². The Balaban J connectivity index is 1.87. The molecule has 0 aliphatic heterocycles. The average molecular weight is 457 g/mol. The Morgan fingerprint density at radius 1 is 0.618 bits per heavy atom. The number of nitrogens with zero attached hydrogens (tertiary/aromatic N) is 2. The van der Waals surface area contributed by atoms with Crippen LogP contribution < -0.4 is 0 Å². The van der Waals surface area contributed by atoms with E-state index in [0.717, 1.165) is 24.0 Å². The van der Waals surface area contributed by atoms with Crippen molar-refractivity contribution >= 4 is 23.8 Å². The zero-order valence-electron chi connectivity index (χ0n) is 21.1. The van der Waals surface area contributed by atoms with Crippen LogP contribution in [0, 0.1) is 10.8 Å². The predicted molar refractivity (Wildman–Crippen MR) is 143 cm³/mol. The number of aromatic hydroxyl groups is 2.